The second kappa shape index (κ2) is 5.48. The van der Waals surface area contributed by atoms with Crippen molar-refractivity contribution in [3.8, 4) is 16.9 Å². The number of rotatable bonds is 4. The zero-order valence-electron chi connectivity index (χ0n) is 9.82. The molecule has 0 N–H and O–H groups in total. The van der Waals surface area contributed by atoms with Gasteiger partial charge in [0.05, 0.1) is 6.61 Å². The van der Waals surface area contributed by atoms with Crippen molar-refractivity contribution in [1.29, 1.82) is 0 Å². The first-order valence-corrected chi connectivity index (χ1v) is 5.79. The fourth-order valence-corrected chi connectivity index (χ4v) is 1.65. The molecule has 17 heavy (non-hydrogen) atoms. The first-order chi connectivity index (χ1) is 8.31. The molecule has 2 rings (SSSR count). The van der Waals surface area contributed by atoms with Crippen molar-refractivity contribution >= 4 is 0 Å². The van der Waals surface area contributed by atoms with E-state index < -0.39 is 0 Å². The topological polar surface area (TPSA) is 9.23 Å². The molecule has 0 aliphatic heterocycles. The lowest BCUT2D eigenvalue weighted by Crippen LogP contribution is -1.94. The summed E-state index contributed by atoms with van der Waals surface area (Å²) in [5.41, 5.74) is 1.49. The smallest absolute Gasteiger partial charge is 0.131 e. The van der Waals surface area contributed by atoms with E-state index in [1.807, 2.05) is 30.3 Å². The standard InChI is InChI=1S/C15H15FO/c1-2-11-17-13-9-7-12(8-10-13)14-5-3-4-6-15(14)16/h3-10H,2,11H2,1H3. The average molecular weight is 230 g/mol. The second-order valence-electron chi connectivity index (χ2n) is 3.85. The van der Waals surface area contributed by atoms with Crippen LogP contribution in [0.1, 0.15) is 13.3 Å². The average Bonchev–Trinajstić information content (AvgIpc) is 2.38. The van der Waals surface area contributed by atoms with Crippen LogP contribution in [0.15, 0.2) is 48.5 Å². The van der Waals surface area contributed by atoms with E-state index in [1.165, 1.54) is 6.07 Å². The van der Waals surface area contributed by atoms with E-state index in [4.69, 9.17) is 4.74 Å². The predicted octanol–water partition coefficient (Wildman–Crippen LogP) is 4.28. The lowest BCUT2D eigenvalue weighted by Gasteiger charge is -2.06. The van der Waals surface area contributed by atoms with Gasteiger partial charge in [0.2, 0.25) is 0 Å². The van der Waals surface area contributed by atoms with E-state index in [1.54, 1.807) is 12.1 Å². The van der Waals surface area contributed by atoms with Crippen LogP contribution >= 0.6 is 0 Å². The van der Waals surface area contributed by atoms with Crippen LogP contribution in [0.25, 0.3) is 11.1 Å². The zero-order valence-corrected chi connectivity index (χ0v) is 9.82. The molecule has 0 saturated heterocycles. The van der Waals surface area contributed by atoms with Gasteiger partial charge in [-0.25, -0.2) is 4.39 Å². The molecule has 88 valence electrons. The van der Waals surface area contributed by atoms with E-state index in [0.29, 0.717) is 12.2 Å². The monoisotopic (exact) mass is 230 g/mol. The van der Waals surface area contributed by atoms with Crippen LogP contribution in [-0.2, 0) is 0 Å². The summed E-state index contributed by atoms with van der Waals surface area (Å²) in [6.45, 7) is 2.77. The van der Waals surface area contributed by atoms with Crippen LogP contribution in [0.3, 0.4) is 0 Å². The Hall–Kier alpha value is -1.83. The molecule has 0 heterocycles. The van der Waals surface area contributed by atoms with E-state index in [0.717, 1.165) is 17.7 Å². The van der Waals surface area contributed by atoms with Crippen molar-refractivity contribution in [1.82, 2.24) is 0 Å². The van der Waals surface area contributed by atoms with E-state index in [-0.39, 0.29) is 5.82 Å². The van der Waals surface area contributed by atoms with Gasteiger partial charge in [-0.3, -0.25) is 0 Å². The van der Waals surface area contributed by atoms with Gasteiger partial charge in [-0.15, -0.1) is 0 Å². The van der Waals surface area contributed by atoms with Crippen LogP contribution in [0.4, 0.5) is 4.39 Å². The first-order valence-electron chi connectivity index (χ1n) is 5.79. The Morgan fingerprint density at radius 3 is 2.35 bits per heavy atom. The van der Waals surface area contributed by atoms with Crippen LogP contribution in [0.2, 0.25) is 0 Å². The van der Waals surface area contributed by atoms with Crippen LogP contribution < -0.4 is 4.74 Å². The molecule has 0 unspecified atom stereocenters. The molecule has 0 amide bonds. The maximum atomic E-state index is 13.5. The molecule has 1 nitrogen and oxygen atoms in total. The largest absolute Gasteiger partial charge is 0.494 e. The van der Waals surface area contributed by atoms with Gasteiger partial charge in [-0.1, -0.05) is 37.3 Å². The highest BCUT2D eigenvalue weighted by Crippen LogP contribution is 2.24. The molecule has 2 aromatic rings. The molecular weight excluding hydrogens is 215 g/mol. The summed E-state index contributed by atoms with van der Waals surface area (Å²) in [5, 5.41) is 0. The highest BCUT2D eigenvalue weighted by Gasteiger charge is 2.03. The van der Waals surface area contributed by atoms with Crippen molar-refractivity contribution in [3.63, 3.8) is 0 Å². The quantitative estimate of drug-likeness (QED) is 0.761. The Morgan fingerprint density at radius 2 is 1.71 bits per heavy atom. The molecule has 2 heteroatoms. The van der Waals surface area contributed by atoms with Crippen molar-refractivity contribution in [3.05, 3.63) is 54.3 Å². The van der Waals surface area contributed by atoms with Crippen LogP contribution in [0.5, 0.6) is 5.75 Å². The van der Waals surface area contributed by atoms with E-state index in [9.17, 15) is 4.39 Å². The number of halogens is 1. The summed E-state index contributed by atoms with van der Waals surface area (Å²) in [5.74, 6) is 0.627. The SMILES string of the molecule is CCCOc1ccc(-c2ccccc2F)cc1. The lowest BCUT2D eigenvalue weighted by atomic mass is 10.1. The van der Waals surface area contributed by atoms with Gasteiger partial charge in [0, 0.05) is 5.56 Å². The van der Waals surface area contributed by atoms with Gasteiger partial charge in [0.1, 0.15) is 11.6 Å². The first kappa shape index (κ1) is 11.6. The third-order valence-electron chi connectivity index (χ3n) is 2.51. The minimum Gasteiger partial charge on any atom is -0.494 e. The molecular formula is C15H15FO. The molecule has 0 spiro atoms. The zero-order chi connectivity index (χ0) is 12.1. The molecule has 0 atom stereocenters. The number of hydrogen-bond acceptors (Lipinski definition) is 1. The maximum Gasteiger partial charge on any atom is 0.131 e. The van der Waals surface area contributed by atoms with E-state index in [2.05, 4.69) is 6.92 Å². The van der Waals surface area contributed by atoms with Crippen molar-refractivity contribution in [2.24, 2.45) is 0 Å². The van der Waals surface area contributed by atoms with Crippen LogP contribution in [-0.4, -0.2) is 6.61 Å². The summed E-state index contributed by atoms with van der Waals surface area (Å²) in [6.07, 6.45) is 0.981. The fraction of sp³-hybridized carbons (Fsp3) is 0.200. The lowest BCUT2D eigenvalue weighted by molar-refractivity contribution is 0.317. The molecule has 0 aromatic heterocycles. The molecule has 0 radical (unpaired) electrons. The Labute approximate surface area is 101 Å². The summed E-state index contributed by atoms with van der Waals surface area (Å²) in [6, 6.07) is 14.3. The number of hydrogen-bond donors (Lipinski definition) is 0. The van der Waals surface area contributed by atoms with Gasteiger partial charge in [-0.05, 0) is 30.2 Å². The highest BCUT2D eigenvalue weighted by atomic mass is 19.1. The molecule has 2 aromatic carbocycles. The molecule has 0 aliphatic rings. The summed E-state index contributed by atoms with van der Waals surface area (Å²) < 4.78 is 19.0. The van der Waals surface area contributed by atoms with Crippen molar-refractivity contribution in [2.45, 2.75) is 13.3 Å². The Bertz CT molecular complexity index is 477. The molecule has 0 bridgehead atoms. The fourth-order valence-electron chi connectivity index (χ4n) is 1.65. The minimum atomic E-state index is -0.199. The molecule has 0 aliphatic carbocycles. The third kappa shape index (κ3) is 2.84. The normalized spacial score (nSPS) is 10.2. The molecule has 0 saturated carbocycles. The predicted molar refractivity (Wildman–Crippen MR) is 67.6 cm³/mol. The van der Waals surface area contributed by atoms with Gasteiger partial charge in [-0.2, -0.15) is 0 Å². The summed E-state index contributed by atoms with van der Waals surface area (Å²) >= 11 is 0. The summed E-state index contributed by atoms with van der Waals surface area (Å²) in [7, 11) is 0. The van der Waals surface area contributed by atoms with Gasteiger partial charge in [0.15, 0.2) is 0 Å². The Kier molecular flexibility index (Phi) is 3.76. The second-order valence-corrected chi connectivity index (χ2v) is 3.85. The number of benzene rings is 2. The minimum absolute atomic E-state index is 0.199. The third-order valence-corrected chi connectivity index (χ3v) is 2.51. The highest BCUT2D eigenvalue weighted by molar-refractivity contribution is 5.64. The summed E-state index contributed by atoms with van der Waals surface area (Å²) in [4.78, 5) is 0. The van der Waals surface area contributed by atoms with Crippen molar-refractivity contribution < 1.29 is 9.13 Å². The maximum absolute atomic E-state index is 13.5. The number of ether oxygens (including phenoxy) is 1. The van der Waals surface area contributed by atoms with Gasteiger partial charge >= 0.3 is 0 Å². The van der Waals surface area contributed by atoms with Crippen molar-refractivity contribution in [2.75, 3.05) is 6.61 Å². The molecule has 0 fully saturated rings. The van der Waals surface area contributed by atoms with E-state index >= 15 is 0 Å². The Balaban J connectivity index is 2.21. The van der Waals surface area contributed by atoms with Gasteiger partial charge in [0.25, 0.3) is 0 Å². The van der Waals surface area contributed by atoms with Crippen LogP contribution in [0, 0.1) is 5.82 Å². The Morgan fingerprint density at radius 1 is 1.00 bits per heavy atom. The van der Waals surface area contributed by atoms with Gasteiger partial charge < -0.3 is 4.74 Å².